The highest BCUT2D eigenvalue weighted by molar-refractivity contribution is 5.50. The van der Waals surface area contributed by atoms with E-state index in [1.165, 1.54) is 6.07 Å². The molecule has 0 aromatic heterocycles. The number of hydrogen-bond donors (Lipinski definition) is 1. The van der Waals surface area contributed by atoms with Gasteiger partial charge in [-0.2, -0.15) is 5.26 Å². The molecule has 2 aromatic carbocycles. The van der Waals surface area contributed by atoms with Gasteiger partial charge in [-0.1, -0.05) is 18.2 Å². The molecule has 0 unspecified atom stereocenters. The van der Waals surface area contributed by atoms with Gasteiger partial charge in [-0.05, 0) is 24.3 Å². The van der Waals surface area contributed by atoms with Crippen LogP contribution in [0.2, 0.25) is 0 Å². The summed E-state index contributed by atoms with van der Waals surface area (Å²) >= 11 is 0. The topological polar surface area (TPSA) is 57.5 Å². The summed E-state index contributed by atoms with van der Waals surface area (Å²) in [4.78, 5) is 2.32. The van der Waals surface area contributed by atoms with Crippen LogP contribution in [0.3, 0.4) is 0 Å². The second-order valence-electron chi connectivity index (χ2n) is 6.07. The number of hydrogen-bond acceptors (Lipinski definition) is 5. The highest BCUT2D eigenvalue weighted by Gasteiger charge is 2.11. The minimum Gasteiger partial charge on any atom is -0.492 e. The number of benzene rings is 2. The largest absolute Gasteiger partial charge is 0.492 e. The molecule has 0 amide bonds. The van der Waals surface area contributed by atoms with Crippen LogP contribution in [0.1, 0.15) is 11.1 Å². The monoisotopic (exact) mass is 355 g/mol. The van der Waals surface area contributed by atoms with Crippen molar-refractivity contribution in [2.45, 2.75) is 6.54 Å². The SMILES string of the molecule is N#Cc1ccc(NCc2ccccc2OCCN2CCOCC2)c(F)c1. The maximum atomic E-state index is 14.0. The first kappa shape index (κ1) is 18.2. The van der Waals surface area contributed by atoms with E-state index in [1.807, 2.05) is 30.3 Å². The number of nitriles is 1. The van der Waals surface area contributed by atoms with E-state index in [4.69, 9.17) is 14.7 Å². The summed E-state index contributed by atoms with van der Waals surface area (Å²) in [5, 5.41) is 11.9. The number of morpholine rings is 1. The number of nitrogens with zero attached hydrogens (tertiary/aromatic N) is 2. The summed E-state index contributed by atoms with van der Waals surface area (Å²) in [7, 11) is 0. The third-order valence-electron chi connectivity index (χ3n) is 4.31. The number of anilines is 1. The molecular formula is C20H22FN3O2. The van der Waals surface area contributed by atoms with Gasteiger partial charge in [-0.25, -0.2) is 4.39 Å². The lowest BCUT2D eigenvalue weighted by Gasteiger charge is -2.26. The Morgan fingerprint density at radius 3 is 2.77 bits per heavy atom. The molecule has 3 rings (SSSR count). The summed E-state index contributed by atoms with van der Waals surface area (Å²) in [5.74, 6) is 0.358. The summed E-state index contributed by atoms with van der Waals surface area (Å²) in [6.45, 7) is 5.32. The summed E-state index contributed by atoms with van der Waals surface area (Å²) in [6.07, 6.45) is 0. The minimum absolute atomic E-state index is 0.305. The molecule has 1 heterocycles. The Kier molecular flexibility index (Phi) is 6.42. The summed E-state index contributed by atoms with van der Waals surface area (Å²) in [5.41, 5.74) is 1.63. The van der Waals surface area contributed by atoms with Crippen molar-refractivity contribution in [2.24, 2.45) is 0 Å². The van der Waals surface area contributed by atoms with Crippen molar-refractivity contribution in [3.8, 4) is 11.8 Å². The number of nitrogens with one attached hydrogen (secondary N) is 1. The van der Waals surface area contributed by atoms with Gasteiger partial charge >= 0.3 is 0 Å². The summed E-state index contributed by atoms with van der Waals surface area (Å²) < 4.78 is 25.3. The lowest BCUT2D eigenvalue weighted by molar-refractivity contribution is 0.0322. The van der Waals surface area contributed by atoms with Gasteiger partial charge in [-0.15, -0.1) is 0 Å². The van der Waals surface area contributed by atoms with E-state index in [0.717, 1.165) is 44.2 Å². The number of rotatable bonds is 7. The van der Waals surface area contributed by atoms with Gasteiger partial charge in [-0.3, -0.25) is 4.90 Å². The molecule has 0 aliphatic carbocycles. The molecule has 1 N–H and O–H groups in total. The van der Waals surface area contributed by atoms with Gasteiger partial charge in [0.25, 0.3) is 0 Å². The second kappa shape index (κ2) is 9.18. The van der Waals surface area contributed by atoms with Crippen LogP contribution in [-0.2, 0) is 11.3 Å². The zero-order valence-electron chi connectivity index (χ0n) is 14.6. The van der Waals surface area contributed by atoms with Crippen LogP contribution in [0, 0.1) is 17.1 Å². The zero-order chi connectivity index (χ0) is 18.2. The molecule has 136 valence electrons. The van der Waals surface area contributed by atoms with Crippen molar-refractivity contribution < 1.29 is 13.9 Å². The van der Waals surface area contributed by atoms with Crippen LogP contribution in [-0.4, -0.2) is 44.4 Å². The fraction of sp³-hybridized carbons (Fsp3) is 0.350. The van der Waals surface area contributed by atoms with Crippen LogP contribution < -0.4 is 10.1 Å². The quantitative estimate of drug-likeness (QED) is 0.827. The Labute approximate surface area is 152 Å². The molecule has 0 atom stereocenters. The van der Waals surface area contributed by atoms with Crippen LogP contribution in [0.25, 0.3) is 0 Å². The Morgan fingerprint density at radius 1 is 1.19 bits per heavy atom. The van der Waals surface area contributed by atoms with Gasteiger partial charge in [0, 0.05) is 31.7 Å². The molecule has 26 heavy (non-hydrogen) atoms. The van der Waals surface area contributed by atoms with Crippen molar-refractivity contribution >= 4 is 5.69 Å². The van der Waals surface area contributed by atoms with E-state index in [0.29, 0.717) is 24.4 Å². The Morgan fingerprint density at radius 2 is 2.00 bits per heavy atom. The van der Waals surface area contributed by atoms with E-state index >= 15 is 0 Å². The molecule has 5 nitrogen and oxygen atoms in total. The van der Waals surface area contributed by atoms with Crippen molar-refractivity contribution in [3.05, 3.63) is 59.4 Å². The van der Waals surface area contributed by atoms with Crippen LogP contribution in [0.5, 0.6) is 5.75 Å². The standard InChI is InChI=1S/C20H22FN3O2/c21-18-13-16(14-22)5-6-19(18)23-15-17-3-1-2-4-20(17)26-12-9-24-7-10-25-11-8-24/h1-6,13,23H,7-12,15H2. The first-order chi connectivity index (χ1) is 12.8. The number of halogens is 1. The number of para-hydroxylation sites is 1. The van der Waals surface area contributed by atoms with Gasteiger partial charge < -0.3 is 14.8 Å². The number of ether oxygens (including phenoxy) is 2. The zero-order valence-corrected chi connectivity index (χ0v) is 14.6. The smallest absolute Gasteiger partial charge is 0.147 e. The lowest BCUT2D eigenvalue weighted by Crippen LogP contribution is -2.38. The van der Waals surface area contributed by atoms with Crippen molar-refractivity contribution in [1.82, 2.24) is 4.90 Å². The van der Waals surface area contributed by atoms with Gasteiger partial charge in [0.1, 0.15) is 18.2 Å². The maximum Gasteiger partial charge on any atom is 0.147 e. The first-order valence-electron chi connectivity index (χ1n) is 8.70. The lowest BCUT2D eigenvalue weighted by atomic mass is 10.1. The average molecular weight is 355 g/mol. The normalized spacial score (nSPS) is 14.6. The van der Waals surface area contributed by atoms with Crippen LogP contribution in [0.4, 0.5) is 10.1 Å². The van der Waals surface area contributed by atoms with E-state index in [9.17, 15) is 4.39 Å². The second-order valence-corrected chi connectivity index (χ2v) is 6.07. The predicted molar refractivity (Wildman–Crippen MR) is 97.6 cm³/mol. The maximum absolute atomic E-state index is 14.0. The molecular weight excluding hydrogens is 333 g/mol. The molecule has 1 aliphatic rings. The molecule has 0 saturated carbocycles. The van der Waals surface area contributed by atoms with E-state index in [1.54, 1.807) is 12.1 Å². The predicted octanol–water partition coefficient (Wildman–Crippen LogP) is 3.02. The third-order valence-corrected chi connectivity index (χ3v) is 4.31. The van der Waals surface area contributed by atoms with Gasteiger partial charge in [0.05, 0.1) is 30.5 Å². The molecule has 1 fully saturated rings. The van der Waals surface area contributed by atoms with E-state index in [2.05, 4.69) is 10.2 Å². The fourth-order valence-corrected chi connectivity index (χ4v) is 2.82. The van der Waals surface area contributed by atoms with Crippen molar-refractivity contribution in [1.29, 1.82) is 5.26 Å². The van der Waals surface area contributed by atoms with Crippen molar-refractivity contribution in [2.75, 3.05) is 44.8 Å². The Hall–Kier alpha value is -2.62. The molecule has 6 heteroatoms. The van der Waals surface area contributed by atoms with Crippen LogP contribution >= 0.6 is 0 Å². The van der Waals surface area contributed by atoms with E-state index < -0.39 is 5.82 Å². The highest BCUT2D eigenvalue weighted by Crippen LogP contribution is 2.21. The highest BCUT2D eigenvalue weighted by atomic mass is 19.1. The minimum atomic E-state index is -0.435. The average Bonchev–Trinajstić information content (AvgIpc) is 2.68. The molecule has 1 saturated heterocycles. The molecule has 0 bridgehead atoms. The van der Waals surface area contributed by atoms with Crippen molar-refractivity contribution in [3.63, 3.8) is 0 Å². The van der Waals surface area contributed by atoms with Crippen LogP contribution in [0.15, 0.2) is 42.5 Å². The van der Waals surface area contributed by atoms with Gasteiger partial charge in [0.15, 0.2) is 0 Å². The molecule has 1 aliphatic heterocycles. The third kappa shape index (κ3) is 4.94. The fourth-order valence-electron chi connectivity index (χ4n) is 2.82. The Bertz CT molecular complexity index is 770. The summed E-state index contributed by atoms with van der Waals surface area (Å²) in [6, 6.07) is 14.1. The van der Waals surface area contributed by atoms with E-state index in [-0.39, 0.29) is 0 Å². The molecule has 0 spiro atoms. The molecule has 0 radical (unpaired) electrons. The van der Waals surface area contributed by atoms with Gasteiger partial charge in [0.2, 0.25) is 0 Å². The Balaban J connectivity index is 1.56. The molecule has 2 aromatic rings. The first-order valence-corrected chi connectivity index (χ1v) is 8.70.